The highest BCUT2D eigenvalue weighted by Crippen LogP contribution is 2.36. The Kier molecular flexibility index (Phi) is 5.49. The molecule has 0 unspecified atom stereocenters. The van der Waals surface area contributed by atoms with Crippen molar-refractivity contribution < 1.29 is 18.6 Å². The highest BCUT2D eigenvalue weighted by Gasteiger charge is 2.16. The molecule has 30 heavy (non-hydrogen) atoms. The van der Waals surface area contributed by atoms with Crippen LogP contribution in [0.4, 0.5) is 14.6 Å². The molecule has 0 atom stereocenters. The summed E-state index contributed by atoms with van der Waals surface area (Å²) in [6.45, 7) is 0.185. The monoisotopic (exact) mass is 408 g/mol. The predicted octanol–water partition coefficient (Wildman–Crippen LogP) is 4.05. The van der Waals surface area contributed by atoms with Crippen molar-refractivity contribution in [1.82, 2.24) is 15.0 Å². The molecule has 0 saturated heterocycles. The lowest BCUT2D eigenvalue weighted by atomic mass is 10.0. The molecule has 0 bridgehead atoms. The Hall–Kier alpha value is -3.65. The first-order valence-corrected chi connectivity index (χ1v) is 9.21. The number of aromatic nitrogens is 3. The van der Waals surface area contributed by atoms with E-state index in [0.717, 1.165) is 17.7 Å². The van der Waals surface area contributed by atoms with Crippen molar-refractivity contribution in [3.8, 4) is 28.3 Å². The van der Waals surface area contributed by atoms with Gasteiger partial charge in [-0.15, -0.1) is 0 Å². The summed E-state index contributed by atoms with van der Waals surface area (Å²) in [7, 11) is 1.51. The van der Waals surface area contributed by atoms with Crippen molar-refractivity contribution in [2.75, 3.05) is 25.6 Å². The number of hydrogen-bond donors (Lipinski definition) is 2. The molecule has 0 amide bonds. The van der Waals surface area contributed by atoms with Crippen LogP contribution in [0.5, 0.6) is 5.75 Å². The van der Waals surface area contributed by atoms with E-state index in [2.05, 4.69) is 20.3 Å². The summed E-state index contributed by atoms with van der Waals surface area (Å²) in [5, 5.41) is 13.0. The van der Waals surface area contributed by atoms with Gasteiger partial charge < -0.3 is 15.2 Å². The number of nitrogens with zero attached hydrogens (tertiary/aromatic N) is 3. The molecule has 2 N–H and O–H groups in total. The number of rotatable bonds is 6. The van der Waals surface area contributed by atoms with Gasteiger partial charge in [-0.3, -0.25) is 4.98 Å². The van der Waals surface area contributed by atoms with E-state index in [1.54, 1.807) is 30.6 Å². The van der Waals surface area contributed by atoms with Gasteiger partial charge in [-0.05, 0) is 47.5 Å². The molecule has 0 radical (unpaired) electrons. The molecule has 0 aliphatic rings. The molecule has 6 nitrogen and oxygen atoms in total. The van der Waals surface area contributed by atoms with Gasteiger partial charge >= 0.3 is 0 Å². The first-order chi connectivity index (χ1) is 14.6. The summed E-state index contributed by atoms with van der Waals surface area (Å²) in [5.41, 5.74) is 2.36. The zero-order valence-electron chi connectivity index (χ0n) is 16.1. The molecule has 4 aromatic rings. The van der Waals surface area contributed by atoms with Gasteiger partial charge in [0.25, 0.3) is 0 Å². The SMILES string of the molecule is COc1cc(-c2ccc(F)c(F)c2)cc2c(NCCO)nc(-c3cccnc3)nc12. The van der Waals surface area contributed by atoms with Crippen LogP contribution in [0.3, 0.4) is 0 Å². The predicted molar refractivity (Wildman–Crippen MR) is 110 cm³/mol. The third-order valence-corrected chi connectivity index (χ3v) is 4.56. The van der Waals surface area contributed by atoms with Crippen LogP contribution in [0.25, 0.3) is 33.4 Å². The third-order valence-electron chi connectivity index (χ3n) is 4.56. The molecule has 0 saturated carbocycles. The van der Waals surface area contributed by atoms with Crippen LogP contribution in [0, 0.1) is 11.6 Å². The summed E-state index contributed by atoms with van der Waals surface area (Å²) < 4.78 is 32.7. The molecule has 0 aliphatic carbocycles. The van der Waals surface area contributed by atoms with Gasteiger partial charge in [0, 0.05) is 29.9 Å². The number of fused-ring (bicyclic) bond motifs is 1. The lowest BCUT2D eigenvalue weighted by molar-refractivity contribution is 0.311. The second-order valence-corrected chi connectivity index (χ2v) is 6.49. The third kappa shape index (κ3) is 3.77. The Morgan fingerprint density at radius 2 is 1.87 bits per heavy atom. The fraction of sp³-hybridized carbons (Fsp3) is 0.136. The Labute approximate surface area is 171 Å². The molecule has 8 heteroatoms. The number of ether oxygens (including phenoxy) is 1. The van der Waals surface area contributed by atoms with Crippen molar-refractivity contribution in [3.63, 3.8) is 0 Å². The second-order valence-electron chi connectivity index (χ2n) is 6.49. The zero-order valence-corrected chi connectivity index (χ0v) is 16.1. The molecule has 152 valence electrons. The molecule has 0 aliphatic heterocycles. The lowest BCUT2D eigenvalue weighted by Gasteiger charge is -2.14. The van der Waals surface area contributed by atoms with Crippen LogP contribution in [0.2, 0.25) is 0 Å². The highest BCUT2D eigenvalue weighted by atomic mass is 19.2. The van der Waals surface area contributed by atoms with Crippen molar-refractivity contribution in [3.05, 3.63) is 66.5 Å². The number of hydrogen-bond acceptors (Lipinski definition) is 6. The van der Waals surface area contributed by atoms with Crippen LogP contribution in [-0.2, 0) is 0 Å². The molecule has 0 fully saturated rings. The summed E-state index contributed by atoms with van der Waals surface area (Å²) >= 11 is 0. The molecule has 2 heterocycles. The quantitative estimate of drug-likeness (QED) is 0.501. The second kappa shape index (κ2) is 8.38. The van der Waals surface area contributed by atoms with Crippen LogP contribution in [0.1, 0.15) is 0 Å². The Bertz CT molecular complexity index is 1200. The van der Waals surface area contributed by atoms with E-state index in [9.17, 15) is 13.9 Å². The standard InChI is InChI=1S/C22H18F2N4O2/c1-30-19-11-15(13-4-5-17(23)18(24)10-13)9-16-20(19)27-21(14-3-2-6-25-12-14)28-22(16)26-7-8-29/h2-6,9-12,29H,7-8H2,1H3,(H,26,27,28). The van der Waals surface area contributed by atoms with Gasteiger partial charge in [-0.25, -0.2) is 18.7 Å². The number of aliphatic hydroxyl groups excluding tert-OH is 1. The highest BCUT2D eigenvalue weighted by molar-refractivity contribution is 5.97. The van der Waals surface area contributed by atoms with Crippen LogP contribution < -0.4 is 10.1 Å². The van der Waals surface area contributed by atoms with Crippen LogP contribution in [0.15, 0.2) is 54.9 Å². The van der Waals surface area contributed by atoms with E-state index in [-0.39, 0.29) is 13.2 Å². The van der Waals surface area contributed by atoms with E-state index in [1.807, 2.05) is 6.07 Å². The molecule has 4 rings (SSSR count). The maximum Gasteiger partial charge on any atom is 0.163 e. The van der Waals surface area contributed by atoms with Gasteiger partial charge in [0.15, 0.2) is 17.5 Å². The zero-order chi connectivity index (χ0) is 21.1. The minimum atomic E-state index is -0.937. The van der Waals surface area contributed by atoms with Crippen LogP contribution >= 0.6 is 0 Å². The number of nitrogens with one attached hydrogen (secondary N) is 1. The first kappa shape index (κ1) is 19.7. The van der Waals surface area contributed by atoms with Gasteiger partial charge in [-0.1, -0.05) is 6.07 Å². The fourth-order valence-electron chi connectivity index (χ4n) is 3.13. The number of aliphatic hydroxyl groups is 1. The molecule has 0 spiro atoms. The smallest absolute Gasteiger partial charge is 0.163 e. The van der Waals surface area contributed by atoms with Crippen molar-refractivity contribution in [1.29, 1.82) is 0 Å². The van der Waals surface area contributed by atoms with Gasteiger partial charge in [-0.2, -0.15) is 0 Å². The first-order valence-electron chi connectivity index (χ1n) is 9.21. The number of benzene rings is 2. The summed E-state index contributed by atoms with van der Waals surface area (Å²) in [4.78, 5) is 13.3. The van der Waals surface area contributed by atoms with Crippen molar-refractivity contribution >= 4 is 16.7 Å². The summed E-state index contributed by atoms with van der Waals surface area (Å²) in [6, 6.07) is 10.8. The van der Waals surface area contributed by atoms with E-state index in [4.69, 9.17) is 4.74 Å². The largest absolute Gasteiger partial charge is 0.494 e. The van der Waals surface area contributed by atoms with Crippen LogP contribution in [-0.4, -0.2) is 40.3 Å². The summed E-state index contributed by atoms with van der Waals surface area (Å²) in [6.07, 6.45) is 3.31. The minimum Gasteiger partial charge on any atom is -0.494 e. The Balaban J connectivity index is 1.95. The maximum absolute atomic E-state index is 13.8. The topological polar surface area (TPSA) is 80.2 Å². The van der Waals surface area contributed by atoms with Gasteiger partial charge in [0.2, 0.25) is 0 Å². The Morgan fingerprint density at radius 3 is 2.57 bits per heavy atom. The van der Waals surface area contributed by atoms with E-state index in [1.165, 1.54) is 13.2 Å². The minimum absolute atomic E-state index is 0.0896. The fourth-order valence-corrected chi connectivity index (χ4v) is 3.13. The number of anilines is 1. The van der Waals surface area contributed by atoms with Gasteiger partial charge in [0.1, 0.15) is 17.1 Å². The molecular weight excluding hydrogens is 390 g/mol. The number of halogens is 2. The average molecular weight is 408 g/mol. The maximum atomic E-state index is 13.8. The lowest BCUT2D eigenvalue weighted by Crippen LogP contribution is -2.09. The van der Waals surface area contributed by atoms with E-state index in [0.29, 0.717) is 39.4 Å². The Morgan fingerprint density at radius 1 is 1.00 bits per heavy atom. The normalized spacial score (nSPS) is 10.9. The molecular formula is C22H18F2N4O2. The molecule has 2 aromatic carbocycles. The van der Waals surface area contributed by atoms with E-state index < -0.39 is 11.6 Å². The van der Waals surface area contributed by atoms with Crippen molar-refractivity contribution in [2.24, 2.45) is 0 Å². The number of methoxy groups -OCH3 is 1. The number of pyridine rings is 1. The molecule has 2 aromatic heterocycles. The average Bonchev–Trinajstić information content (AvgIpc) is 2.79. The summed E-state index contributed by atoms with van der Waals surface area (Å²) in [5.74, 6) is -0.480. The van der Waals surface area contributed by atoms with Crippen molar-refractivity contribution in [2.45, 2.75) is 0 Å². The van der Waals surface area contributed by atoms with E-state index >= 15 is 0 Å². The van der Waals surface area contributed by atoms with Gasteiger partial charge in [0.05, 0.1) is 13.7 Å².